The molecule has 1 atom stereocenters. The van der Waals surface area contributed by atoms with E-state index in [1.165, 1.54) is 0 Å². The Morgan fingerprint density at radius 2 is 2.39 bits per heavy atom. The van der Waals surface area contributed by atoms with Gasteiger partial charge in [-0.3, -0.25) is 14.8 Å². The van der Waals surface area contributed by atoms with Crippen molar-refractivity contribution in [2.45, 2.75) is 19.5 Å². The number of nitrogens with zero attached hydrogens (tertiary/aromatic N) is 1. The number of fused-ring (bicyclic) bond motifs is 1. The van der Waals surface area contributed by atoms with Crippen molar-refractivity contribution in [2.75, 3.05) is 6.61 Å². The molecule has 1 aliphatic rings. The number of hydroxylamine groups is 1. The highest BCUT2D eigenvalue weighted by Gasteiger charge is 2.21. The van der Waals surface area contributed by atoms with Crippen LogP contribution in [0, 0.1) is 0 Å². The first-order valence-electron chi connectivity index (χ1n) is 5.57. The van der Waals surface area contributed by atoms with Crippen LogP contribution in [0.2, 0.25) is 0 Å². The van der Waals surface area contributed by atoms with Crippen LogP contribution in [0.15, 0.2) is 18.2 Å². The third-order valence-electron chi connectivity index (χ3n) is 2.97. The van der Waals surface area contributed by atoms with Gasteiger partial charge in [0.05, 0.1) is 6.04 Å². The van der Waals surface area contributed by atoms with E-state index in [2.05, 4.69) is 0 Å². The van der Waals surface area contributed by atoms with Gasteiger partial charge in [0, 0.05) is 17.7 Å². The van der Waals surface area contributed by atoms with Crippen LogP contribution in [0.3, 0.4) is 0 Å². The minimum absolute atomic E-state index is 0.0231. The van der Waals surface area contributed by atoms with E-state index in [-0.39, 0.29) is 6.04 Å². The number of rotatable bonds is 2. The molecule has 0 fully saturated rings. The lowest BCUT2D eigenvalue weighted by atomic mass is 10.1. The number of carbonyl (C=O) groups is 2. The van der Waals surface area contributed by atoms with Crippen LogP contribution in [0.25, 0.3) is 0 Å². The Morgan fingerprint density at radius 1 is 1.61 bits per heavy atom. The summed E-state index contributed by atoms with van der Waals surface area (Å²) in [5.41, 5.74) is 2.71. The topological polar surface area (TPSA) is 78.9 Å². The summed E-state index contributed by atoms with van der Waals surface area (Å²) in [5, 5.41) is 8.58. The van der Waals surface area contributed by atoms with Crippen molar-refractivity contribution in [3.63, 3.8) is 0 Å². The zero-order valence-electron chi connectivity index (χ0n) is 9.92. The maximum Gasteiger partial charge on any atom is 0.274 e. The zero-order valence-corrected chi connectivity index (χ0v) is 9.92. The molecule has 6 heteroatoms. The molecule has 0 bridgehead atoms. The Labute approximate surface area is 104 Å². The number of nitrogens with one attached hydrogen (secondary N) is 1. The van der Waals surface area contributed by atoms with Crippen molar-refractivity contribution in [1.29, 1.82) is 0 Å². The first-order chi connectivity index (χ1) is 8.65. The standard InChI is InChI=1S/C12H14N2O4/c1-8-6-18-11-4-9(12(16)13-17)2-3-10(11)5-14(8)7-15/h2-4,7-8,17H,5-6H2,1H3,(H,13,16)/t8-/m1/s1. The van der Waals surface area contributed by atoms with Crippen LogP contribution >= 0.6 is 0 Å². The number of amides is 2. The Kier molecular flexibility index (Phi) is 3.47. The van der Waals surface area contributed by atoms with E-state index < -0.39 is 5.91 Å². The summed E-state index contributed by atoms with van der Waals surface area (Å²) in [5.74, 6) is -0.0294. The van der Waals surface area contributed by atoms with Crippen LogP contribution in [0.4, 0.5) is 0 Å². The second-order valence-corrected chi connectivity index (χ2v) is 4.20. The van der Waals surface area contributed by atoms with Gasteiger partial charge in [0.25, 0.3) is 5.91 Å². The molecule has 0 radical (unpaired) electrons. The van der Waals surface area contributed by atoms with E-state index >= 15 is 0 Å². The van der Waals surface area contributed by atoms with Gasteiger partial charge in [0.1, 0.15) is 12.4 Å². The smallest absolute Gasteiger partial charge is 0.274 e. The SMILES string of the molecule is C[C@@H]1COc2cc(C(=O)NO)ccc2CN1C=O. The summed E-state index contributed by atoms with van der Waals surface area (Å²) in [6.07, 6.45) is 0.789. The minimum atomic E-state index is -0.592. The first kappa shape index (κ1) is 12.4. The van der Waals surface area contributed by atoms with Crippen LogP contribution in [-0.2, 0) is 11.3 Å². The Hall–Kier alpha value is -2.08. The van der Waals surface area contributed by atoms with Gasteiger partial charge in [0.2, 0.25) is 6.41 Å². The van der Waals surface area contributed by atoms with Gasteiger partial charge in [0.15, 0.2) is 0 Å². The maximum atomic E-state index is 11.3. The molecule has 0 unspecified atom stereocenters. The Balaban J connectivity index is 2.32. The molecule has 96 valence electrons. The average Bonchev–Trinajstić information content (AvgIpc) is 2.56. The van der Waals surface area contributed by atoms with Gasteiger partial charge < -0.3 is 9.64 Å². The molecule has 1 aliphatic heterocycles. The second kappa shape index (κ2) is 5.05. The quantitative estimate of drug-likeness (QED) is 0.456. The van der Waals surface area contributed by atoms with Crippen molar-refractivity contribution in [3.8, 4) is 5.75 Å². The largest absolute Gasteiger partial charge is 0.491 e. The van der Waals surface area contributed by atoms with Crippen LogP contribution in [-0.4, -0.2) is 35.1 Å². The first-order valence-corrected chi connectivity index (χ1v) is 5.57. The monoisotopic (exact) mass is 250 g/mol. The maximum absolute atomic E-state index is 11.3. The predicted molar refractivity (Wildman–Crippen MR) is 62.3 cm³/mol. The highest BCUT2D eigenvalue weighted by molar-refractivity contribution is 5.93. The number of ether oxygens (including phenoxy) is 1. The molecule has 0 saturated heterocycles. The average molecular weight is 250 g/mol. The van der Waals surface area contributed by atoms with Crippen LogP contribution < -0.4 is 10.2 Å². The summed E-state index contributed by atoms with van der Waals surface area (Å²) in [4.78, 5) is 23.9. The fourth-order valence-electron chi connectivity index (χ4n) is 1.83. The summed E-state index contributed by atoms with van der Waals surface area (Å²) in [6, 6.07) is 4.83. The van der Waals surface area contributed by atoms with Crippen LogP contribution in [0.5, 0.6) is 5.75 Å². The minimum Gasteiger partial charge on any atom is -0.491 e. The molecule has 0 spiro atoms. The summed E-state index contributed by atoms with van der Waals surface area (Å²) in [6.45, 7) is 2.71. The highest BCUT2D eigenvalue weighted by Crippen LogP contribution is 2.25. The zero-order chi connectivity index (χ0) is 13.1. The predicted octanol–water partition coefficient (Wildman–Crippen LogP) is 0.545. The number of carbonyl (C=O) groups excluding carboxylic acids is 2. The summed E-state index contributed by atoms with van der Waals surface area (Å²) < 4.78 is 5.57. The van der Waals surface area contributed by atoms with Gasteiger partial charge in [-0.15, -0.1) is 0 Å². The molecule has 1 heterocycles. The fraction of sp³-hybridized carbons (Fsp3) is 0.333. The number of hydrogen-bond donors (Lipinski definition) is 2. The molecule has 0 aromatic heterocycles. The molecule has 18 heavy (non-hydrogen) atoms. The third kappa shape index (κ3) is 2.28. The molecule has 2 amide bonds. The lowest BCUT2D eigenvalue weighted by molar-refractivity contribution is -0.120. The van der Waals surface area contributed by atoms with Crippen molar-refractivity contribution in [3.05, 3.63) is 29.3 Å². The Morgan fingerprint density at radius 3 is 3.06 bits per heavy atom. The molecule has 2 N–H and O–H groups in total. The molecule has 0 saturated carbocycles. The number of hydrogen-bond acceptors (Lipinski definition) is 4. The van der Waals surface area contributed by atoms with Gasteiger partial charge >= 0.3 is 0 Å². The highest BCUT2D eigenvalue weighted by atomic mass is 16.5. The molecule has 2 rings (SSSR count). The van der Waals surface area contributed by atoms with Gasteiger partial charge in [-0.05, 0) is 19.1 Å². The molecule has 1 aromatic rings. The van der Waals surface area contributed by atoms with E-state index in [0.29, 0.717) is 24.5 Å². The van der Waals surface area contributed by atoms with E-state index in [1.54, 1.807) is 28.6 Å². The Bertz CT molecular complexity index is 475. The molecule has 6 nitrogen and oxygen atoms in total. The normalized spacial score (nSPS) is 18.3. The molecular formula is C12H14N2O4. The molecule has 1 aromatic carbocycles. The van der Waals surface area contributed by atoms with E-state index in [4.69, 9.17) is 9.94 Å². The lowest BCUT2D eigenvalue weighted by Crippen LogP contribution is -2.33. The van der Waals surface area contributed by atoms with Crippen molar-refractivity contribution in [1.82, 2.24) is 10.4 Å². The van der Waals surface area contributed by atoms with E-state index in [1.807, 2.05) is 6.92 Å². The van der Waals surface area contributed by atoms with Gasteiger partial charge in [-0.2, -0.15) is 0 Å². The van der Waals surface area contributed by atoms with Gasteiger partial charge in [-0.1, -0.05) is 6.07 Å². The van der Waals surface area contributed by atoms with E-state index in [9.17, 15) is 9.59 Å². The van der Waals surface area contributed by atoms with Crippen molar-refractivity contribution >= 4 is 12.3 Å². The van der Waals surface area contributed by atoms with Gasteiger partial charge in [-0.25, -0.2) is 5.48 Å². The third-order valence-corrected chi connectivity index (χ3v) is 2.97. The van der Waals surface area contributed by atoms with E-state index in [0.717, 1.165) is 12.0 Å². The van der Waals surface area contributed by atoms with Crippen molar-refractivity contribution < 1.29 is 19.5 Å². The number of benzene rings is 1. The molecular weight excluding hydrogens is 236 g/mol. The fourth-order valence-corrected chi connectivity index (χ4v) is 1.83. The lowest BCUT2D eigenvalue weighted by Gasteiger charge is -2.20. The van der Waals surface area contributed by atoms with Crippen molar-refractivity contribution in [2.24, 2.45) is 0 Å². The molecule has 0 aliphatic carbocycles. The summed E-state index contributed by atoms with van der Waals surface area (Å²) in [7, 11) is 0. The van der Waals surface area contributed by atoms with Crippen LogP contribution in [0.1, 0.15) is 22.8 Å². The second-order valence-electron chi connectivity index (χ2n) is 4.20. The summed E-state index contributed by atoms with van der Waals surface area (Å²) >= 11 is 0.